The molecule has 20 heavy (non-hydrogen) atoms. The molecule has 0 atom stereocenters. The average Bonchev–Trinajstić information content (AvgIpc) is 2.45. The van der Waals surface area contributed by atoms with Crippen molar-refractivity contribution in [1.82, 2.24) is 10.3 Å². The van der Waals surface area contributed by atoms with E-state index in [2.05, 4.69) is 10.3 Å². The number of nitrogen functional groups attached to an aromatic ring is 1. The lowest BCUT2D eigenvalue weighted by atomic mass is 10.1. The molecule has 104 valence electrons. The highest BCUT2D eigenvalue weighted by atomic mass is 19.1. The number of anilines is 1. The molecule has 0 fully saturated rings. The van der Waals surface area contributed by atoms with Crippen LogP contribution in [0.15, 0.2) is 36.5 Å². The highest BCUT2D eigenvalue weighted by Crippen LogP contribution is 2.13. The van der Waals surface area contributed by atoms with Crippen LogP contribution < -0.4 is 11.1 Å². The molecule has 0 unspecified atom stereocenters. The van der Waals surface area contributed by atoms with Gasteiger partial charge in [0.25, 0.3) is 5.91 Å². The average molecular weight is 273 g/mol. The monoisotopic (exact) mass is 273 g/mol. The molecule has 0 aliphatic carbocycles. The van der Waals surface area contributed by atoms with Gasteiger partial charge in [-0.25, -0.2) is 4.39 Å². The summed E-state index contributed by atoms with van der Waals surface area (Å²) in [5, 5.41) is 2.75. The van der Waals surface area contributed by atoms with Gasteiger partial charge in [-0.2, -0.15) is 0 Å². The number of benzene rings is 1. The van der Waals surface area contributed by atoms with Gasteiger partial charge in [-0.15, -0.1) is 0 Å². The lowest BCUT2D eigenvalue weighted by Gasteiger charge is -2.09. The first-order chi connectivity index (χ1) is 9.61. The van der Waals surface area contributed by atoms with Crippen LogP contribution in [0.25, 0.3) is 0 Å². The van der Waals surface area contributed by atoms with Crippen molar-refractivity contribution < 1.29 is 9.18 Å². The van der Waals surface area contributed by atoms with E-state index in [4.69, 9.17) is 5.73 Å². The summed E-state index contributed by atoms with van der Waals surface area (Å²) in [6, 6.07) is 7.55. The Hall–Kier alpha value is -2.43. The van der Waals surface area contributed by atoms with Crippen molar-refractivity contribution >= 4 is 11.6 Å². The quantitative estimate of drug-likeness (QED) is 0.840. The van der Waals surface area contributed by atoms with Crippen molar-refractivity contribution in [2.24, 2.45) is 0 Å². The third kappa shape index (κ3) is 3.12. The molecule has 0 saturated carbocycles. The van der Waals surface area contributed by atoms with E-state index in [1.165, 1.54) is 12.1 Å². The van der Waals surface area contributed by atoms with E-state index in [1.807, 2.05) is 19.1 Å². The Bertz CT molecular complexity index is 628. The Kier molecular flexibility index (Phi) is 4.30. The van der Waals surface area contributed by atoms with Gasteiger partial charge in [-0.1, -0.05) is 13.0 Å². The molecule has 1 heterocycles. The topological polar surface area (TPSA) is 68.0 Å². The molecule has 4 nitrogen and oxygen atoms in total. The van der Waals surface area contributed by atoms with Crippen LogP contribution in [0.4, 0.5) is 10.1 Å². The van der Waals surface area contributed by atoms with Crippen LogP contribution in [0.3, 0.4) is 0 Å². The number of carbonyl (C=O) groups excluding carboxylic acids is 1. The molecule has 1 amide bonds. The zero-order chi connectivity index (χ0) is 14.5. The number of pyridine rings is 1. The summed E-state index contributed by atoms with van der Waals surface area (Å²) in [7, 11) is 0. The summed E-state index contributed by atoms with van der Waals surface area (Å²) in [5.41, 5.74) is 7.93. The molecule has 2 aromatic rings. The number of aromatic nitrogens is 1. The smallest absolute Gasteiger partial charge is 0.253 e. The SMILES string of the molecule is CCc1cccnc1CNC(=O)c1ccc(F)cc1N. The minimum absolute atomic E-state index is 0.124. The molecule has 1 aromatic carbocycles. The second kappa shape index (κ2) is 6.14. The van der Waals surface area contributed by atoms with Crippen LogP contribution in [-0.2, 0) is 13.0 Å². The molecule has 0 aliphatic rings. The Morgan fingerprint density at radius 3 is 2.90 bits per heavy atom. The van der Waals surface area contributed by atoms with Gasteiger partial charge in [0.05, 0.1) is 17.8 Å². The fourth-order valence-corrected chi connectivity index (χ4v) is 1.95. The van der Waals surface area contributed by atoms with Gasteiger partial charge < -0.3 is 11.1 Å². The van der Waals surface area contributed by atoms with E-state index in [0.717, 1.165) is 23.7 Å². The standard InChI is InChI=1S/C15H16FN3O/c1-2-10-4-3-7-18-14(10)9-19-15(20)12-6-5-11(16)8-13(12)17/h3-8H,2,9,17H2,1H3,(H,19,20). The van der Waals surface area contributed by atoms with Crippen LogP contribution in [0.5, 0.6) is 0 Å². The molecule has 0 radical (unpaired) electrons. The molecular formula is C15H16FN3O. The Labute approximate surface area is 116 Å². The number of rotatable bonds is 4. The maximum absolute atomic E-state index is 12.9. The van der Waals surface area contributed by atoms with Gasteiger partial charge in [-0.3, -0.25) is 9.78 Å². The van der Waals surface area contributed by atoms with Crippen LogP contribution in [-0.4, -0.2) is 10.9 Å². The van der Waals surface area contributed by atoms with Crippen molar-refractivity contribution in [3.05, 3.63) is 59.2 Å². The van der Waals surface area contributed by atoms with Gasteiger partial charge in [0.15, 0.2) is 0 Å². The minimum atomic E-state index is -0.461. The third-order valence-electron chi connectivity index (χ3n) is 3.04. The van der Waals surface area contributed by atoms with E-state index in [0.29, 0.717) is 6.54 Å². The maximum Gasteiger partial charge on any atom is 0.253 e. The van der Waals surface area contributed by atoms with Crippen LogP contribution in [0.2, 0.25) is 0 Å². The largest absolute Gasteiger partial charge is 0.398 e. The normalized spacial score (nSPS) is 10.3. The lowest BCUT2D eigenvalue weighted by molar-refractivity contribution is 0.0951. The van der Waals surface area contributed by atoms with E-state index < -0.39 is 5.82 Å². The second-order valence-electron chi connectivity index (χ2n) is 4.38. The fourth-order valence-electron chi connectivity index (χ4n) is 1.95. The summed E-state index contributed by atoms with van der Waals surface area (Å²) in [5.74, 6) is -0.799. The number of nitrogens with zero attached hydrogens (tertiary/aromatic N) is 1. The number of nitrogens with one attached hydrogen (secondary N) is 1. The number of nitrogens with two attached hydrogens (primary N) is 1. The maximum atomic E-state index is 12.9. The molecular weight excluding hydrogens is 257 g/mol. The van der Waals surface area contributed by atoms with Crippen molar-refractivity contribution in [3.8, 4) is 0 Å². The van der Waals surface area contributed by atoms with Gasteiger partial charge in [0.1, 0.15) is 5.82 Å². The number of hydrogen-bond donors (Lipinski definition) is 2. The predicted molar refractivity (Wildman–Crippen MR) is 75.6 cm³/mol. The molecule has 1 aromatic heterocycles. The van der Waals surface area contributed by atoms with Gasteiger partial charge in [0.2, 0.25) is 0 Å². The highest BCUT2D eigenvalue weighted by molar-refractivity contribution is 5.99. The second-order valence-corrected chi connectivity index (χ2v) is 4.38. The molecule has 0 spiro atoms. The van der Waals surface area contributed by atoms with E-state index in [1.54, 1.807) is 6.20 Å². The van der Waals surface area contributed by atoms with Crippen molar-refractivity contribution in [3.63, 3.8) is 0 Å². The molecule has 0 bridgehead atoms. The molecule has 0 aliphatic heterocycles. The predicted octanol–water partition coefficient (Wildman–Crippen LogP) is 2.30. The third-order valence-corrected chi connectivity index (χ3v) is 3.04. The minimum Gasteiger partial charge on any atom is -0.398 e. The number of carbonyl (C=O) groups is 1. The van der Waals surface area contributed by atoms with Gasteiger partial charge in [-0.05, 0) is 36.2 Å². The highest BCUT2D eigenvalue weighted by Gasteiger charge is 2.11. The molecule has 0 saturated heterocycles. The number of hydrogen-bond acceptors (Lipinski definition) is 3. The summed E-state index contributed by atoms with van der Waals surface area (Å²) in [4.78, 5) is 16.3. The summed E-state index contributed by atoms with van der Waals surface area (Å²) >= 11 is 0. The molecule has 5 heteroatoms. The van der Waals surface area contributed by atoms with Crippen molar-refractivity contribution in [2.75, 3.05) is 5.73 Å². The Morgan fingerprint density at radius 2 is 2.20 bits per heavy atom. The Morgan fingerprint density at radius 1 is 1.40 bits per heavy atom. The summed E-state index contributed by atoms with van der Waals surface area (Å²) in [6.07, 6.45) is 2.53. The number of amides is 1. The lowest BCUT2D eigenvalue weighted by Crippen LogP contribution is -2.25. The Balaban J connectivity index is 2.09. The summed E-state index contributed by atoms with van der Waals surface area (Å²) in [6.45, 7) is 2.35. The van der Waals surface area contributed by atoms with E-state index in [-0.39, 0.29) is 17.2 Å². The fraction of sp³-hybridized carbons (Fsp3) is 0.200. The number of halogens is 1. The summed E-state index contributed by atoms with van der Waals surface area (Å²) < 4.78 is 12.9. The van der Waals surface area contributed by atoms with E-state index >= 15 is 0 Å². The van der Waals surface area contributed by atoms with Crippen molar-refractivity contribution in [1.29, 1.82) is 0 Å². The molecule has 2 rings (SSSR count). The van der Waals surface area contributed by atoms with Crippen molar-refractivity contribution in [2.45, 2.75) is 19.9 Å². The zero-order valence-electron chi connectivity index (χ0n) is 11.2. The van der Waals surface area contributed by atoms with Crippen LogP contribution in [0, 0.1) is 5.82 Å². The first kappa shape index (κ1) is 14.0. The zero-order valence-corrected chi connectivity index (χ0v) is 11.2. The van der Waals surface area contributed by atoms with Crippen LogP contribution in [0.1, 0.15) is 28.5 Å². The van der Waals surface area contributed by atoms with E-state index in [9.17, 15) is 9.18 Å². The van der Waals surface area contributed by atoms with Gasteiger partial charge in [0, 0.05) is 11.9 Å². The van der Waals surface area contributed by atoms with Gasteiger partial charge >= 0.3 is 0 Å². The molecule has 3 N–H and O–H groups in total. The van der Waals surface area contributed by atoms with Crippen LogP contribution >= 0.6 is 0 Å². The first-order valence-corrected chi connectivity index (χ1v) is 6.37. The number of aryl methyl sites for hydroxylation is 1. The first-order valence-electron chi connectivity index (χ1n) is 6.37.